The summed E-state index contributed by atoms with van der Waals surface area (Å²) in [7, 11) is 0. The van der Waals surface area contributed by atoms with Gasteiger partial charge in [0.2, 0.25) is 0 Å². The molecule has 2 rings (SSSR count). The Kier molecular flexibility index (Phi) is 4.01. The third-order valence-corrected chi connectivity index (χ3v) is 2.95. The minimum Gasteiger partial charge on any atom is -0.376 e. The average Bonchev–Trinajstić information content (AvgIpc) is 2.74. The lowest BCUT2D eigenvalue weighted by Gasteiger charge is -2.09. The van der Waals surface area contributed by atoms with Crippen molar-refractivity contribution in [3.05, 3.63) is 34.9 Å². The van der Waals surface area contributed by atoms with E-state index in [2.05, 4.69) is 5.32 Å². The third kappa shape index (κ3) is 3.49. The van der Waals surface area contributed by atoms with Crippen LogP contribution in [0.4, 0.5) is 0 Å². The van der Waals surface area contributed by atoms with E-state index in [-0.39, 0.29) is 0 Å². The van der Waals surface area contributed by atoms with Gasteiger partial charge in [-0.05, 0) is 36.6 Å². The number of ether oxygens (including phenoxy) is 1. The molecule has 1 unspecified atom stereocenters. The molecule has 1 aromatic rings. The van der Waals surface area contributed by atoms with Crippen LogP contribution in [0.5, 0.6) is 0 Å². The summed E-state index contributed by atoms with van der Waals surface area (Å²) in [6.07, 6.45) is 1.24. The predicted molar refractivity (Wildman–Crippen MR) is 62.1 cm³/mol. The van der Waals surface area contributed by atoms with Crippen LogP contribution in [0.15, 0.2) is 24.3 Å². The molecule has 1 aromatic carbocycles. The van der Waals surface area contributed by atoms with Crippen LogP contribution < -0.4 is 5.32 Å². The summed E-state index contributed by atoms with van der Waals surface area (Å²) in [5.41, 5.74) is 1.19. The molecule has 1 heterocycles. The first-order chi connectivity index (χ1) is 7.34. The SMILES string of the molecule is Clc1ccc(COCC2CCNC2)cc1. The highest BCUT2D eigenvalue weighted by Gasteiger charge is 2.13. The number of nitrogens with one attached hydrogen (secondary N) is 1. The highest BCUT2D eigenvalue weighted by Crippen LogP contribution is 2.12. The van der Waals surface area contributed by atoms with Gasteiger partial charge in [-0.3, -0.25) is 0 Å². The maximum atomic E-state index is 5.80. The first kappa shape index (κ1) is 10.9. The first-order valence-electron chi connectivity index (χ1n) is 5.37. The van der Waals surface area contributed by atoms with E-state index in [9.17, 15) is 0 Å². The molecule has 1 N–H and O–H groups in total. The number of hydrogen-bond donors (Lipinski definition) is 1. The fourth-order valence-electron chi connectivity index (χ4n) is 1.78. The van der Waals surface area contributed by atoms with Crippen molar-refractivity contribution in [1.29, 1.82) is 0 Å². The first-order valence-corrected chi connectivity index (χ1v) is 5.75. The Bertz CT molecular complexity index is 293. The molecule has 0 radical (unpaired) electrons. The molecule has 2 nitrogen and oxygen atoms in total. The van der Waals surface area contributed by atoms with Crippen molar-refractivity contribution in [1.82, 2.24) is 5.32 Å². The second kappa shape index (κ2) is 5.50. The minimum atomic E-state index is 0.688. The summed E-state index contributed by atoms with van der Waals surface area (Å²) in [4.78, 5) is 0. The zero-order chi connectivity index (χ0) is 10.5. The van der Waals surface area contributed by atoms with E-state index in [1.807, 2.05) is 24.3 Å². The Balaban J connectivity index is 1.71. The van der Waals surface area contributed by atoms with Crippen molar-refractivity contribution in [2.24, 2.45) is 5.92 Å². The standard InChI is InChI=1S/C12H16ClNO/c13-12-3-1-10(2-4-12)8-15-9-11-5-6-14-7-11/h1-4,11,14H,5-9H2. The van der Waals surface area contributed by atoms with Crippen LogP contribution in [0, 0.1) is 5.92 Å². The van der Waals surface area contributed by atoms with Gasteiger partial charge >= 0.3 is 0 Å². The molecule has 1 aliphatic rings. The van der Waals surface area contributed by atoms with Crippen molar-refractivity contribution in [2.45, 2.75) is 13.0 Å². The maximum Gasteiger partial charge on any atom is 0.0717 e. The van der Waals surface area contributed by atoms with Gasteiger partial charge in [-0.2, -0.15) is 0 Å². The molecule has 82 valence electrons. The maximum absolute atomic E-state index is 5.80. The zero-order valence-corrected chi connectivity index (χ0v) is 9.46. The molecular weight excluding hydrogens is 210 g/mol. The van der Waals surface area contributed by atoms with Crippen LogP contribution in [0.2, 0.25) is 5.02 Å². The molecule has 1 saturated heterocycles. The number of halogens is 1. The van der Waals surface area contributed by atoms with Gasteiger partial charge in [0.1, 0.15) is 0 Å². The summed E-state index contributed by atoms with van der Waals surface area (Å²) >= 11 is 5.80. The Morgan fingerprint density at radius 1 is 1.33 bits per heavy atom. The van der Waals surface area contributed by atoms with E-state index in [1.165, 1.54) is 12.0 Å². The summed E-state index contributed by atoms with van der Waals surface area (Å²) in [5.74, 6) is 0.692. The molecule has 1 fully saturated rings. The molecule has 0 spiro atoms. The molecule has 1 atom stereocenters. The van der Waals surface area contributed by atoms with E-state index in [4.69, 9.17) is 16.3 Å². The fraction of sp³-hybridized carbons (Fsp3) is 0.500. The van der Waals surface area contributed by atoms with Crippen molar-refractivity contribution >= 4 is 11.6 Å². The highest BCUT2D eigenvalue weighted by molar-refractivity contribution is 6.30. The smallest absolute Gasteiger partial charge is 0.0717 e. The van der Waals surface area contributed by atoms with Gasteiger partial charge in [0.05, 0.1) is 13.2 Å². The van der Waals surface area contributed by atoms with E-state index >= 15 is 0 Å². The van der Waals surface area contributed by atoms with Crippen molar-refractivity contribution in [3.8, 4) is 0 Å². The number of benzene rings is 1. The average molecular weight is 226 g/mol. The Labute approximate surface area is 95.6 Å². The Hall–Kier alpha value is -0.570. The largest absolute Gasteiger partial charge is 0.376 e. The second-order valence-corrected chi connectivity index (χ2v) is 4.44. The monoisotopic (exact) mass is 225 g/mol. The number of rotatable bonds is 4. The minimum absolute atomic E-state index is 0.688. The second-order valence-electron chi connectivity index (χ2n) is 4.00. The molecule has 15 heavy (non-hydrogen) atoms. The lowest BCUT2D eigenvalue weighted by Crippen LogP contribution is -2.13. The van der Waals surface area contributed by atoms with Gasteiger partial charge in [-0.15, -0.1) is 0 Å². The summed E-state index contributed by atoms with van der Waals surface area (Å²) < 4.78 is 5.66. The van der Waals surface area contributed by atoms with Crippen LogP contribution in [0.25, 0.3) is 0 Å². The lowest BCUT2D eigenvalue weighted by atomic mass is 10.1. The van der Waals surface area contributed by atoms with Crippen molar-refractivity contribution in [2.75, 3.05) is 19.7 Å². The molecule has 0 aromatic heterocycles. The van der Waals surface area contributed by atoms with Crippen LogP contribution in [0.1, 0.15) is 12.0 Å². The van der Waals surface area contributed by atoms with E-state index in [0.29, 0.717) is 12.5 Å². The van der Waals surface area contributed by atoms with Gasteiger partial charge in [-0.1, -0.05) is 23.7 Å². The third-order valence-electron chi connectivity index (χ3n) is 2.70. The number of hydrogen-bond acceptors (Lipinski definition) is 2. The molecule has 0 aliphatic carbocycles. The predicted octanol–water partition coefficient (Wildman–Crippen LogP) is 2.47. The molecule has 0 bridgehead atoms. The van der Waals surface area contributed by atoms with Crippen LogP contribution >= 0.6 is 11.6 Å². The molecule has 1 aliphatic heterocycles. The van der Waals surface area contributed by atoms with E-state index in [1.54, 1.807) is 0 Å². The molecule has 0 amide bonds. The molecule has 3 heteroatoms. The summed E-state index contributed by atoms with van der Waals surface area (Å²) in [6, 6.07) is 7.82. The van der Waals surface area contributed by atoms with E-state index < -0.39 is 0 Å². The van der Waals surface area contributed by atoms with Crippen LogP contribution in [0.3, 0.4) is 0 Å². The summed E-state index contributed by atoms with van der Waals surface area (Å²) in [5, 5.41) is 4.11. The van der Waals surface area contributed by atoms with Gasteiger partial charge < -0.3 is 10.1 Å². The van der Waals surface area contributed by atoms with Crippen molar-refractivity contribution < 1.29 is 4.74 Å². The summed E-state index contributed by atoms with van der Waals surface area (Å²) in [6.45, 7) is 3.78. The Morgan fingerprint density at radius 3 is 2.80 bits per heavy atom. The van der Waals surface area contributed by atoms with Crippen molar-refractivity contribution in [3.63, 3.8) is 0 Å². The normalized spacial score (nSPS) is 20.7. The van der Waals surface area contributed by atoms with Gasteiger partial charge in [-0.25, -0.2) is 0 Å². The van der Waals surface area contributed by atoms with Gasteiger partial charge in [0, 0.05) is 11.6 Å². The molecule has 0 saturated carbocycles. The topological polar surface area (TPSA) is 21.3 Å². The molecular formula is C12H16ClNO. The fourth-order valence-corrected chi connectivity index (χ4v) is 1.91. The van der Waals surface area contributed by atoms with Gasteiger partial charge in [0.25, 0.3) is 0 Å². The van der Waals surface area contributed by atoms with Crippen LogP contribution in [-0.2, 0) is 11.3 Å². The van der Waals surface area contributed by atoms with Gasteiger partial charge in [0.15, 0.2) is 0 Å². The van der Waals surface area contributed by atoms with Crippen LogP contribution in [-0.4, -0.2) is 19.7 Å². The highest BCUT2D eigenvalue weighted by atomic mass is 35.5. The zero-order valence-electron chi connectivity index (χ0n) is 8.71. The Morgan fingerprint density at radius 2 is 2.13 bits per heavy atom. The quantitative estimate of drug-likeness (QED) is 0.850. The lowest BCUT2D eigenvalue weighted by molar-refractivity contribution is 0.0925. The van der Waals surface area contributed by atoms with E-state index in [0.717, 1.165) is 24.7 Å².